The van der Waals surface area contributed by atoms with Crippen molar-refractivity contribution in [1.29, 1.82) is 0 Å². The molecule has 0 bridgehead atoms. The van der Waals surface area contributed by atoms with Gasteiger partial charge in [0, 0.05) is 31.5 Å². The van der Waals surface area contributed by atoms with Gasteiger partial charge in [-0.2, -0.15) is 0 Å². The maximum absolute atomic E-state index is 13.3. The molecule has 1 aromatic carbocycles. The molecule has 2 aromatic rings. The van der Waals surface area contributed by atoms with Gasteiger partial charge in [-0.3, -0.25) is 0 Å². The highest BCUT2D eigenvalue weighted by atomic mass is 79.9. The number of benzene rings is 1. The summed E-state index contributed by atoms with van der Waals surface area (Å²) in [5, 5.41) is 3.24. The number of hydrogen-bond acceptors (Lipinski definition) is 4. The van der Waals surface area contributed by atoms with Crippen molar-refractivity contribution < 1.29 is 9.13 Å². The van der Waals surface area contributed by atoms with Crippen molar-refractivity contribution >= 4 is 15.9 Å². The van der Waals surface area contributed by atoms with E-state index >= 15 is 0 Å². The summed E-state index contributed by atoms with van der Waals surface area (Å²) < 4.78 is 18.7. The minimum absolute atomic E-state index is 0.298. The maximum atomic E-state index is 13.3. The zero-order valence-corrected chi connectivity index (χ0v) is 13.6. The SMILES string of the molecule is COCCNCc1cc(C)nc(-c2ccc(F)c(Br)c2)n1. The standard InChI is InChI=1S/C15H17BrFN3O/c1-10-7-12(9-18-5-6-21-2)20-15(19-10)11-3-4-14(17)13(16)8-11/h3-4,7-8,18H,5-6,9H2,1-2H3. The summed E-state index contributed by atoms with van der Waals surface area (Å²) in [5.41, 5.74) is 2.56. The van der Waals surface area contributed by atoms with Gasteiger partial charge in [-0.15, -0.1) is 0 Å². The second kappa shape index (κ2) is 7.59. The van der Waals surface area contributed by atoms with Crippen molar-refractivity contribution in [3.05, 3.63) is 45.9 Å². The molecule has 0 atom stereocenters. The lowest BCUT2D eigenvalue weighted by Crippen LogP contribution is -2.19. The van der Waals surface area contributed by atoms with E-state index in [1.54, 1.807) is 19.2 Å². The summed E-state index contributed by atoms with van der Waals surface area (Å²) in [6, 6.07) is 6.70. The van der Waals surface area contributed by atoms with Crippen LogP contribution in [0, 0.1) is 12.7 Å². The molecular weight excluding hydrogens is 337 g/mol. The van der Waals surface area contributed by atoms with Crippen LogP contribution in [0.5, 0.6) is 0 Å². The number of halogens is 2. The van der Waals surface area contributed by atoms with Crippen LogP contribution in [0.25, 0.3) is 11.4 Å². The molecule has 1 N–H and O–H groups in total. The average Bonchev–Trinajstić information content (AvgIpc) is 2.46. The summed E-state index contributed by atoms with van der Waals surface area (Å²) in [5.74, 6) is 0.298. The van der Waals surface area contributed by atoms with Crippen LogP contribution in [-0.4, -0.2) is 30.2 Å². The fraction of sp³-hybridized carbons (Fsp3) is 0.333. The fourth-order valence-electron chi connectivity index (χ4n) is 1.88. The molecule has 0 saturated carbocycles. The first-order valence-electron chi connectivity index (χ1n) is 6.60. The van der Waals surface area contributed by atoms with Crippen LogP contribution >= 0.6 is 15.9 Å². The van der Waals surface area contributed by atoms with Gasteiger partial charge in [0.1, 0.15) is 5.82 Å². The quantitative estimate of drug-likeness (QED) is 0.810. The van der Waals surface area contributed by atoms with Gasteiger partial charge in [-0.05, 0) is 47.1 Å². The van der Waals surface area contributed by atoms with Gasteiger partial charge in [0.25, 0.3) is 0 Å². The van der Waals surface area contributed by atoms with Gasteiger partial charge in [0.15, 0.2) is 5.82 Å². The molecule has 0 radical (unpaired) electrons. The molecule has 0 spiro atoms. The third-order valence-corrected chi connectivity index (χ3v) is 3.48. The van der Waals surface area contributed by atoms with E-state index in [1.165, 1.54) is 6.07 Å². The Morgan fingerprint density at radius 2 is 2.10 bits per heavy atom. The van der Waals surface area contributed by atoms with E-state index < -0.39 is 0 Å². The molecule has 0 saturated heterocycles. The fourth-order valence-corrected chi connectivity index (χ4v) is 2.26. The lowest BCUT2D eigenvalue weighted by Gasteiger charge is -2.08. The number of methoxy groups -OCH3 is 1. The first kappa shape index (κ1) is 16.0. The number of nitrogens with one attached hydrogen (secondary N) is 1. The van der Waals surface area contributed by atoms with Crippen molar-refractivity contribution in [2.75, 3.05) is 20.3 Å². The Labute approximate surface area is 131 Å². The number of aryl methyl sites for hydroxylation is 1. The van der Waals surface area contributed by atoms with Crippen LogP contribution in [0.1, 0.15) is 11.4 Å². The Bertz CT molecular complexity index is 622. The highest BCUT2D eigenvalue weighted by Gasteiger charge is 2.07. The molecule has 0 aliphatic rings. The first-order valence-corrected chi connectivity index (χ1v) is 7.39. The normalized spacial score (nSPS) is 10.9. The Balaban J connectivity index is 2.19. The van der Waals surface area contributed by atoms with Gasteiger partial charge >= 0.3 is 0 Å². The number of rotatable bonds is 6. The predicted molar refractivity (Wildman–Crippen MR) is 83.4 cm³/mol. The van der Waals surface area contributed by atoms with Crippen LogP contribution in [-0.2, 0) is 11.3 Å². The monoisotopic (exact) mass is 353 g/mol. The highest BCUT2D eigenvalue weighted by molar-refractivity contribution is 9.10. The van der Waals surface area contributed by atoms with Gasteiger partial charge in [0.05, 0.1) is 16.8 Å². The lowest BCUT2D eigenvalue weighted by molar-refractivity contribution is 0.199. The Morgan fingerprint density at radius 1 is 1.29 bits per heavy atom. The van der Waals surface area contributed by atoms with Crippen molar-refractivity contribution in [2.24, 2.45) is 0 Å². The van der Waals surface area contributed by atoms with E-state index in [0.717, 1.165) is 23.5 Å². The molecule has 4 nitrogen and oxygen atoms in total. The second-order valence-corrected chi connectivity index (χ2v) is 5.48. The molecule has 1 heterocycles. The number of hydrogen-bond donors (Lipinski definition) is 1. The third-order valence-electron chi connectivity index (χ3n) is 2.87. The van der Waals surface area contributed by atoms with Crippen molar-refractivity contribution in [3.8, 4) is 11.4 Å². The van der Waals surface area contributed by atoms with Crippen LogP contribution in [0.4, 0.5) is 4.39 Å². The molecule has 0 aliphatic heterocycles. The predicted octanol–water partition coefficient (Wildman–Crippen LogP) is 3.09. The average molecular weight is 354 g/mol. The van der Waals surface area contributed by atoms with E-state index in [4.69, 9.17) is 4.74 Å². The Kier molecular flexibility index (Phi) is 5.78. The molecule has 6 heteroatoms. The van der Waals surface area contributed by atoms with Gasteiger partial charge in [-0.1, -0.05) is 0 Å². The Morgan fingerprint density at radius 3 is 2.81 bits per heavy atom. The van der Waals surface area contributed by atoms with E-state index in [1.807, 2.05) is 13.0 Å². The number of ether oxygens (including phenoxy) is 1. The number of aromatic nitrogens is 2. The number of nitrogens with zero attached hydrogens (tertiary/aromatic N) is 2. The lowest BCUT2D eigenvalue weighted by atomic mass is 10.2. The van der Waals surface area contributed by atoms with Crippen molar-refractivity contribution in [3.63, 3.8) is 0 Å². The van der Waals surface area contributed by atoms with Crippen LogP contribution in [0.2, 0.25) is 0 Å². The van der Waals surface area contributed by atoms with Gasteiger partial charge in [0.2, 0.25) is 0 Å². The van der Waals surface area contributed by atoms with Gasteiger partial charge in [-0.25, -0.2) is 14.4 Å². The Hall–Kier alpha value is -1.37. The van der Waals surface area contributed by atoms with E-state index in [9.17, 15) is 4.39 Å². The maximum Gasteiger partial charge on any atom is 0.159 e. The summed E-state index contributed by atoms with van der Waals surface area (Å²) in [6.45, 7) is 3.98. The summed E-state index contributed by atoms with van der Waals surface area (Å²) in [7, 11) is 1.67. The smallest absolute Gasteiger partial charge is 0.159 e. The molecule has 0 unspecified atom stereocenters. The highest BCUT2D eigenvalue weighted by Crippen LogP contribution is 2.23. The molecule has 112 valence electrons. The minimum Gasteiger partial charge on any atom is -0.383 e. The molecule has 2 rings (SSSR count). The molecular formula is C15H17BrFN3O. The zero-order chi connectivity index (χ0) is 15.2. The minimum atomic E-state index is -0.298. The third kappa shape index (κ3) is 4.56. The second-order valence-electron chi connectivity index (χ2n) is 4.62. The first-order chi connectivity index (χ1) is 10.1. The van der Waals surface area contributed by atoms with E-state index in [0.29, 0.717) is 23.4 Å². The van der Waals surface area contributed by atoms with Crippen LogP contribution < -0.4 is 5.32 Å². The van der Waals surface area contributed by atoms with Crippen molar-refractivity contribution in [2.45, 2.75) is 13.5 Å². The summed E-state index contributed by atoms with van der Waals surface area (Å²) in [4.78, 5) is 8.93. The van der Waals surface area contributed by atoms with Gasteiger partial charge < -0.3 is 10.1 Å². The molecule has 1 aromatic heterocycles. The largest absolute Gasteiger partial charge is 0.383 e. The summed E-state index contributed by atoms with van der Waals surface area (Å²) in [6.07, 6.45) is 0. The van der Waals surface area contributed by atoms with Crippen LogP contribution in [0.15, 0.2) is 28.7 Å². The molecule has 21 heavy (non-hydrogen) atoms. The molecule has 0 amide bonds. The molecule has 0 aliphatic carbocycles. The van der Waals surface area contributed by atoms with E-state index in [-0.39, 0.29) is 5.82 Å². The van der Waals surface area contributed by atoms with Crippen LogP contribution in [0.3, 0.4) is 0 Å². The zero-order valence-electron chi connectivity index (χ0n) is 12.0. The summed E-state index contributed by atoms with van der Waals surface area (Å²) >= 11 is 3.18. The van der Waals surface area contributed by atoms with E-state index in [2.05, 4.69) is 31.2 Å². The molecule has 0 fully saturated rings. The van der Waals surface area contributed by atoms with Crippen molar-refractivity contribution in [1.82, 2.24) is 15.3 Å². The topological polar surface area (TPSA) is 47.0 Å².